The topological polar surface area (TPSA) is 69.4 Å². The molecule has 0 atom stereocenters. The Morgan fingerprint density at radius 2 is 1.87 bits per heavy atom. The molecule has 2 rings (SSSR count). The summed E-state index contributed by atoms with van der Waals surface area (Å²) < 4.78 is 42.9. The molecule has 2 aromatic rings. The third-order valence-corrected chi connectivity index (χ3v) is 3.06. The lowest BCUT2D eigenvalue weighted by molar-refractivity contribution is -0.385. The van der Waals surface area contributed by atoms with Crippen molar-refractivity contribution in [3.05, 3.63) is 62.7 Å². The van der Waals surface area contributed by atoms with Gasteiger partial charge in [0.2, 0.25) is 6.29 Å². The normalized spacial score (nSPS) is 11.1. The second-order valence-corrected chi connectivity index (χ2v) is 4.69. The summed E-state index contributed by atoms with van der Waals surface area (Å²) in [5, 5.41) is 10.4. The standard InChI is InChI=1S/C14H6ClF3NO4/c15-11-6-9(14(16,17)18)1-4-13(11)23-10-2-3-12(19(21)22)8(5-10)7-20/h1-6H. The van der Waals surface area contributed by atoms with Gasteiger partial charge in [-0.15, -0.1) is 0 Å². The average molecular weight is 345 g/mol. The molecule has 0 bridgehead atoms. The molecule has 0 aliphatic carbocycles. The lowest BCUT2D eigenvalue weighted by Gasteiger charge is -2.11. The molecule has 2 aromatic carbocycles. The van der Waals surface area contributed by atoms with E-state index in [1.165, 1.54) is 12.4 Å². The van der Waals surface area contributed by atoms with Gasteiger partial charge in [-0.1, -0.05) is 11.6 Å². The van der Waals surface area contributed by atoms with E-state index < -0.39 is 22.4 Å². The van der Waals surface area contributed by atoms with E-state index in [2.05, 4.69) is 0 Å². The SMILES string of the molecule is O=[C]c1cc(Oc2ccc(C(F)(F)F)cc2Cl)ccc1[N+](=O)[O-]. The second-order valence-electron chi connectivity index (χ2n) is 4.28. The summed E-state index contributed by atoms with van der Waals surface area (Å²) in [7, 11) is 0. The van der Waals surface area contributed by atoms with Crippen LogP contribution in [0.25, 0.3) is 0 Å². The Kier molecular flexibility index (Phi) is 4.55. The summed E-state index contributed by atoms with van der Waals surface area (Å²) in [6.45, 7) is 0. The fourth-order valence-corrected chi connectivity index (χ4v) is 1.93. The van der Waals surface area contributed by atoms with Crippen LogP contribution in [0.15, 0.2) is 36.4 Å². The lowest BCUT2D eigenvalue weighted by atomic mass is 10.2. The molecule has 0 aliphatic heterocycles. The predicted octanol–water partition coefficient (Wildman–Crippen LogP) is 4.52. The Morgan fingerprint density at radius 1 is 1.17 bits per heavy atom. The molecule has 0 spiro atoms. The molecule has 0 fully saturated rings. The molecule has 9 heteroatoms. The monoisotopic (exact) mass is 344 g/mol. The second kappa shape index (κ2) is 6.25. The number of halogens is 4. The van der Waals surface area contributed by atoms with Crippen molar-refractivity contribution in [1.82, 2.24) is 0 Å². The minimum Gasteiger partial charge on any atom is -0.456 e. The van der Waals surface area contributed by atoms with Crippen molar-refractivity contribution in [2.45, 2.75) is 6.18 Å². The quantitative estimate of drug-likeness (QED) is 0.604. The molecule has 23 heavy (non-hydrogen) atoms. The summed E-state index contributed by atoms with van der Waals surface area (Å²) in [5.41, 5.74) is -1.76. The molecule has 0 aromatic heterocycles. The molecule has 0 N–H and O–H groups in total. The minimum absolute atomic E-state index is 0.00407. The Balaban J connectivity index is 2.33. The maximum absolute atomic E-state index is 12.5. The fourth-order valence-electron chi connectivity index (χ4n) is 1.71. The Morgan fingerprint density at radius 3 is 2.39 bits per heavy atom. The fraction of sp³-hybridized carbons (Fsp3) is 0.0714. The lowest BCUT2D eigenvalue weighted by Crippen LogP contribution is -2.04. The molecule has 5 nitrogen and oxygen atoms in total. The van der Waals surface area contributed by atoms with E-state index in [0.29, 0.717) is 6.07 Å². The van der Waals surface area contributed by atoms with E-state index in [1.54, 1.807) is 0 Å². The maximum atomic E-state index is 12.5. The number of carbonyl (C=O) groups excluding carboxylic acids is 1. The van der Waals surface area contributed by atoms with Crippen LogP contribution in [0.4, 0.5) is 18.9 Å². The van der Waals surface area contributed by atoms with E-state index in [-0.39, 0.29) is 22.1 Å². The van der Waals surface area contributed by atoms with E-state index in [9.17, 15) is 28.1 Å². The Bertz CT molecular complexity index is 777. The molecular weight excluding hydrogens is 339 g/mol. The zero-order chi connectivity index (χ0) is 17.2. The van der Waals surface area contributed by atoms with Crippen LogP contribution < -0.4 is 4.74 Å². The molecule has 0 unspecified atom stereocenters. The summed E-state index contributed by atoms with van der Waals surface area (Å²) >= 11 is 5.73. The van der Waals surface area contributed by atoms with E-state index in [4.69, 9.17) is 16.3 Å². The van der Waals surface area contributed by atoms with E-state index in [1.807, 2.05) is 0 Å². The van der Waals surface area contributed by atoms with Gasteiger partial charge < -0.3 is 4.74 Å². The van der Waals surface area contributed by atoms with Crippen LogP contribution in [-0.4, -0.2) is 11.2 Å². The maximum Gasteiger partial charge on any atom is 0.416 e. The number of benzene rings is 2. The molecule has 0 saturated heterocycles. The largest absolute Gasteiger partial charge is 0.456 e. The van der Waals surface area contributed by atoms with Crippen LogP contribution >= 0.6 is 11.6 Å². The van der Waals surface area contributed by atoms with Crippen LogP contribution in [-0.2, 0) is 11.0 Å². The van der Waals surface area contributed by atoms with Gasteiger partial charge in [-0.3, -0.25) is 14.9 Å². The van der Waals surface area contributed by atoms with Crippen LogP contribution in [0.3, 0.4) is 0 Å². The minimum atomic E-state index is -4.55. The molecule has 0 saturated carbocycles. The highest BCUT2D eigenvalue weighted by molar-refractivity contribution is 6.32. The van der Waals surface area contributed by atoms with E-state index >= 15 is 0 Å². The third kappa shape index (κ3) is 3.78. The summed E-state index contributed by atoms with van der Waals surface area (Å²) in [4.78, 5) is 20.6. The number of hydrogen-bond acceptors (Lipinski definition) is 4. The summed E-state index contributed by atoms with van der Waals surface area (Å²) in [5.74, 6) is -0.0963. The van der Waals surface area contributed by atoms with Crippen LogP contribution in [0.5, 0.6) is 11.5 Å². The third-order valence-electron chi connectivity index (χ3n) is 2.76. The number of nitro benzene ring substituents is 1. The van der Waals surface area contributed by atoms with Crippen LogP contribution in [0.2, 0.25) is 5.02 Å². The molecular formula is C14H6ClF3NO4. The van der Waals surface area contributed by atoms with Crippen molar-refractivity contribution in [1.29, 1.82) is 0 Å². The van der Waals surface area contributed by atoms with E-state index in [0.717, 1.165) is 24.3 Å². The number of ether oxygens (including phenoxy) is 1. The first-order valence-electron chi connectivity index (χ1n) is 5.93. The van der Waals surface area contributed by atoms with Crippen molar-refractivity contribution in [2.24, 2.45) is 0 Å². The van der Waals surface area contributed by atoms with Crippen molar-refractivity contribution in [3.8, 4) is 11.5 Å². The van der Waals surface area contributed by atoms with Crippen molar-refractivity contribution < 1.29 is 27.6 Å². The van der Waals surface area contributed by atoms with Gasteiger partial charge in [0, 0.05) is 6.07 Å². The Labute approximate surface area is 132 Å². The summed E-state index contributed by atoms with van der Waals surface area (Å²) in [6.07, 6.45) is -3.15. The zero-order valence-electron chi connectivity index (χ0n) is 11.1. The number of hydrogen-bond donors (Lipinski definition) is 0. The highest BCUT2D eigenvalue weighted by Crippen LogP contribution is 2.36. The zero-order valence-corrected chi connectivity index (χ0v) is 11.8. The van der Waals surface area contributed by atoms with Crippen molar-refractivity contribution in [3.63, 3.8) is 0 Å². The van der Waals surface area contributed by atoms with Gasteiger partial charge in [0.1, 0.15) is 17.1 Å². The average Bonchev–Trinajstić information content (AvgIpc) is 2.47. The summed E-state index contributed by atoms with van der Waals surface area (Å²) in [6, 6.07) is 5.73. The highest BCUT2D eigenvalue weighted by atomic mass is 35.5. The first-order valence-corrected chi connectivity index (χ1v) is 6.31. The smallest absolute Gasteiger partial charge is 0.416 e. The van der Waals surface area contributed by atoms with Gasteiger partial charge in [0.25, 0.3) is 5.69 Å². The van der Waals surface area contributed by atoms with Crippen LogP contribution in [0.1, 0.15) is 11.1 Å². The van der Waals surface area contributed by atoms with Gasteiger partial charge in [-0.2, -0.15) is 13.2 Å². The number of nitrogens with zero attached hydrogens (tertiary/aromatic N) is 1. The number of alkyl halides is 3. The highest BCUT2D eigenvalue weighted by Gasteiger charge is 2.31. The van der Waals surface area contributed by atoms with Crippen molar-refractivity contribution in [2.75, 3.05) is 0 Å². The predicted molar refractivity (Wildman–Crippen MR) is 74.4 cm³/mol. The number of nitro groups is 1. The Hall–Kier alpha value is -2.61. The van der Waals surface area contributed by atoms with Gasteiger partial charge >= 0.3 is 6.18 Å². The van der Waals surface area contributed by atoms with Gasteiger partial charge in [0.05, 0.1) is 15.5 Å². The molecule has 0 aliphatic rings. The number of rotatable bonds is 4. The first-order chi connectivity index (χ1) is 10.7. The molecule has 1 radical (unpaired) electrons. The molecule has 0 heterocycles. The van der Waals surface area contributed by atoms with Crippen LogP contribution in [0, 0.1) is 10.1 Å². The first kappa shape index (κ1) is 16.8. The molecule has 0 amide bonds. The van der Waals surface area contributed by atoms with Gasteiger partial charge in [-0.05, 0) is 30.3 Å². The van der Waals surface area contributed by atoms with Gasteiger partial charge in [0.15, 0.2) is 0 Å². The molecule has 119 valence electrons. The van der Waals surface area contributed by atoms with Crippen molar-refractivity contribution >= 4 is 23.6 Å². The van der Waals surface area contributed by atoms with Gasteiger partial charge in [-0.25, -0.2) is 0 Å².